The fraction of sp³-hybridized carbons (Fsp3) is 0.387. The van der Waals surface area contributed by atoms with E-state index in [1.165, 1.54) is 0 Å². The van der Waals surface area contributed by atoms with Gasteiger partial charge in [-0.05, 0) is 82.2 Å². The second-order valence-corrected chi connectivity index (χ2v) is 11.4. The largest absolute Gasteiger partial charge is 0.385 e. The normalized spacial score (nSPS) is 19.1. The number of hydrogen-bond acceptors (Lipinski definition) is 7. The van der Waals surface area contributed by atoms with Crippen LogP contribution in [-0.4, -0.2) is 86.8 Å². The van der Waals surface area contributed by atoms with Gasteiger partial charge in [0, 0.05) is 54.7 Å². The molecule has 10 heteroatoms. The molecule has 0 saturated carbocycles. The van der Waals surface area contributed by atoms with Gasteiger partial charge in [-0.2, -0.15) is 4.98 Å². The lowest BCUT2D eigenvalue weighted by atomic mass is 9.84. The van der Waals surface area contributed by atoms with Gasteiger partial charge in [0.1, 0.15) is 0 Å². The molecule has 0 bridgehead atoms. The standard InChI is InChI=1S/C31H38ClN7O2/c1-5-27(37-19-16-31(41,17-20-37)23-9-11-24(32)12-10-23)28-34-30(35-39(28)6-2)33-25-13-7-22(8-14-25)29(40)38-18-15-26(21-38)36(3)4/h5-14,26,41H,2,15-21H2,1,3-4H3,(H,33,35). The number of benzene rings is 2. The summed E-state index contributed by atoms with van der Waals surface area (Å²) < 4.78 is 1.66. The van der Waals surface area contributed by atoms with Crippen molar-refractivity contribution in [3.8, 4) is 0 Å². The maximum atomic E-state index is 13.0. The molecule has 41 heavy (non-hydrogen) atoms. The van der Waals surface area contributed by atoms with Crippen molar-refractivity contribution >= 4 is 41.0 Å². The second-order valence-electron chi connectivity index (χ2n) is 10.9. The molecule has 1 atom stereocenters. The molecule has 2 aliphatic rings. The first kappa shape index (κ1) is 28.9. The van der Waals surface area contributed by atoms with E-state index in [2.05, 4.69) is 40.9 Å². The summed E-state index contributed by atoms with van der Waals surface area (Å²) in [5.41, 5.74) is 2.37. The number of anilines is 2. The fourth-order valence-electron chi connectivity index (χ4n) is 5.65. The van der Waals surface area contributed by atoms with Crippen molar-refractivity contribution in [2.75, 3.05) is 45.6 Å². The molecule has 1 aromatic heterocycles. The Balaban J connectivity index is 1.25. The highest BCUT2D eigenvalue weighted by molar-refractivity contribution is 6.30. The molecule has 2 N–H and O–H groups in total. The fourth-order valence-corrected chi connectivity index (χ4v) is 5.78. The van der Waals surface area contributed by atoms with Crippen LogP contribution in [0.25, 0.3) is 11.9 Å². The number of amides is 1. The molecular formula is C31H38ClN7O2. The highest BCUT2D eigenvalue weighted by Gasteiger charge is 2.35. The van der Waals surface area contributed by atoms with Gasteiger partial charge >= 0.3 is 0 Å². The molecule has 216 valence electrons. The topological polar surface area (TPSA) is 89.8 Å². The van der Waals surface area contributed by atoms with Gasteiger partial charge in [-0.25, -0.2) is 4.68 Å². The van der Waals surface area contributed by atoms with Crippen LogP contribution in [0.15, 0.2) is 61.2 Å². The average molecular weight is 576 g/mol. The predicted molar refractivity (Wildman–Crippen MR) is 164 cm³/mol. The molecule has 2 aliphatic heterocycles. The number of carbonyl (C=O) groups is 1. The second kappa shape index (κ2) is 12.1. The number of aliphatic hydroxyl groups is 1. The zero-order valence-corrected chi connectivity index (χ0v) is 24.7. The summed E-state index contributed by atoms with van der Waals surface area (Å²) in [5.74, 6) is 1.15. The van der Waals surface area contributed by atoms with Crippen LogP contribution in [0.2, 0.25) is 5.02 Å². The Hall–Kier alpha value is -3.66. The van der Waals surface area contributed by atoms with Gasteiger partial charge in [0.05, 0.1) is 11.3 Å². The Labute approximate surface area is 246 Å². The summed E-state index contributed by atoms with van der Waals surface area (Å²) in [6.45, 7) is 8.74. The van der Waals surface area contributed by atoms with Crippen LogP contribution in [0.4, 0.5) is 11.6 Å². The minimum absolute atomic E-state index is 0.0551. The maximum Gasteiger partial charge on any atom is 0.253 e. The highest BCUT2D eigenvalue weighted by Crippen LogP contribution is 2.36. The van der Waals surface area contributed by atoms with Gasteiger partial charge in [-0.15, -0.1) is 5.10 Å². The SMILES string of the molecule is C=Cn1nc(Nc2ccc(C(=O)N3CCC(N(C)C)C3)cc2)nc1C(=CC)N1CCC(O)(c2ccc(Cl)cc2)CC1. The van der Waals surface area contributed by atoms with Crippen LogP contribution in [0.1, 0.15) is 47.9 Å². The Kier molecular flexibility index (Phi) is 8.49. The third-order valence-electron chi connectivity index (χ3n) is 8.19. The van der Waals surface area contributed by atoms with E-state index in [9.17, 15) is 9.90 Å². The highest BCUT2D eigenvalue weighted by atomic mass is 35.5. The number of carbonyl (C=O) groups excluding carboxylic acids is 1. The summed E-state index contributed by atoms with van der Waals surface area (Å²) in [7, 11) is 4.11. The smallest absolute Gasteiger partial charge is 0.253 e. The van der Waals surface area contributed by atoms with Crippen molar-refractivity contribution < 1.29 is 9.90 Å². The summed E-state index contributed by atoms with van der Waals surface area (Å²) in [4.78, 5) is 24.1. The van der Waals surface area contributed by atoms with Gasteiger partial charge < -0.3 is 25.1 Å². The van der Waals surface area contributed by atoms with E-state index in [-0.39, 0.29) is 5.91 Å². The van der Waals surface area contributed by atoms with Gasteiger partial charge in [0.2, 0.25) is 5.95 Å². The van der Waals surface area contributed by atoms with Gasteiger partial charge in [0.25, 0.3) is 5.91 Å². The number of nitrogens with zero attached hydrogens (tertiary/aromatic N) is 6. The van der Waals surface area contributed by atoms with E-state index in [0.29, 0.717) is 54.3 Å². The van der Waals surface area contributed by atoms with E-state index >= 15 is 0 Å². The molecule has 2 saturated heterocycles. The molecule has 9 nitrogen and oxygen atoms in total. The van der Waals surface area contributed by atoms with Crippen LogP contribution in [-0.2, 0) is 5.60 Å². The van der Waals surface area contributed by atoms with Gasteiger partial charge in [0.15, 0.2) is 5.82 Å². The first-order chi connectivity index (χ1) is 19.7. The summed E-state index contributed by atoms with van der Waals surface area (Å²) in [6, 6.07) is 15.3. The molecule has 1 unspecified atom stereocenters. The lowest BCUT2D eigenvalue weighted by Crippen LogP contribution is -2.42. The number of allylic oxidation sites excluding steroid dienone is 1. The lowest BCUT2D eigenvalue weighted by Gasteiger charge is -2.40. The third kappa shape index (κ3) is 6.17. The lowest BCUT2D eigenvalue weighted by molar-refractivity contribution is -0.0141. The zero-order valence-electron chi connectivity index (χ0n) is 23.9. The van der Waals surface area contributed by atoms with Crippen molar-refractivity contribution in [3.63, 3.8) is 0 Å². The van der Waals surface area contributed by atoms with E-state index in [1.54, 1.807) is 10.9 Å². The molecule has 0 aliphatic carbocycles. The molecule has 5 rings (SSSR count). The van der Waals surface area contributed by atoms with Gasteiger partial charge in [-0.1, -0.05) is 36.4 Å². The van der Waals surface area contributed by atoms with Gasteiger partial charge in [-0.3, -0.25) is 4.79 Å². The molecule has 3 heterocycles. The first-order valence-electron chi connectivity index (χ1n) is 14.0. The predicted octanol–water partition coefficient (Wildman–Crippen LogP) is 4.90. The number of piperidine rings is 1. The summed E-state index contributed by atoms with van der Waals surface area (Å²) in [6.07, 6.45) is 5.80. The Morgan fingerprint density at radius 2 is 1.78 bits per heavy atom. The molecule has 2 aromatic carbocycles. The number of likely N-dealkylation sites (tertiary alicyclic amines) is 2. The molecule has 2 fully saturated rings. The van der Waals surface area contributed by atoms with Crippen molar-refractivity contribution in [3.05, 3.63) is 83.2 Å². The Bertz CT molecular complexity index is 1410. The molecule has 0 radical (unpaired) electrons. The van der Waals surface area contributed by atoms with Crippen molar-refractivity contribution in [1.82, 2.24) is 29.5 Å². The number of hydrogen-bond donors (Lipinski definition) is 2. The average Bonchev–Trinajstić information content (AvgIpc) is 3.63. The van der Waals surface area contributed by atoms with E-state index < -0.39 is 5.60 Å². The van der Waals surface area contributed by atoms with Crippen LogP contribution in [0.3, 0.4) is 0 Å². The van der Waals surface area contributed by atoms with E-state index in [4.69, 9.17) is 16.6 Å². The maximum absolute atomic E-state index is 13.0. The number of halogens is 1. The summed E-state index contributed by atoms with van der Waals surface area (Å²) in [5, 5.41) is 19.8. The van der Waals surface area contributed by atoms with Crippen molar-refractivity contribution in [2.45, 2.75) is 37.8 Å². The number of nitrogens with one attached hydrogen (secondary N) is 1. The van der Waals surface area contributed by atoms with E-state index in [0.717, 1.165) is 36.5 Å². The minimum atomic E-state index is -0.894. The summed E-state index contributed by atoms with van der Waals surface area (Å²) >= 11 is 6.04. The Morgan fingerprint density at radius 1 is 1.10 bits per heavy atom. The van der Waals surface area contributed by atoms with Crippen molar-refractivity contribution in [1.29, 1.82) is 0 Å². The molecule has 1 amide bonds. The van der Waals surface area contributed by atoms with Crippen LogP contribution in [0.5, 0.6) is 0 Å². The molecular weight excluding hydrogens is 538 g/mol. The number of aromatic nitrogens is 3. The van der Waals surface area contributed by atoms with Crippen LogP contribution < -0.4 is 5.32 Å². The zero-order chi connectivity index (χ0) is 29.1. The third-order valence-corrected chi connectivity index (χ3v) is 8.44. The van der Waals surface area contributed by atoms with Crippen molar-refractivity contribution in [2.24, 2.45) is 0 Å². The quantitative estimate of drug-likeness (QED) is 0.395. The molecule has 3 aromatic rings. The monoisotopic (exact) mass is 575 g/mol. The van der Waals surface area contributed by atoms with E-state index in [1.807, 2.05) is 66.4 Å². The number of rotatable bonds is 8. The number of likely N-dealkylation sites (N-methyl/N-ethyl adjacent to an activating group) is 1. The van der Waals surface area contributed by atoms with Crippen LogP contribution in [0, 0.1) is 0 Å². The first-order valence-corrected chi connectivity index (χ1v) is 14.4. The van der Waals surface area contributed by atoms with Crippen LogP contribution >= 0.6 is 11.6 Å². The minimum Gasteiger partial charge on any atom is -0.385 e. The Morgan fingerprint density at radius 3 is 2.37 bits per heavy atom. The molecule has 0 spiro atoms.